The molecule has 0 radical (unpaired) electrons. The van der Waals surface area contributed by atoms with Gasteiger partial charge in [0, 0.05) is 30.9 Å². The van der Waals surface area contributed by atoms with Crippen molar-refractivity contribution >= 4 is 11.8 Å². The van der Waals surface area contributed by atoms with Gasteiger partial charge in [0.25, 0.3) is 11.8 Å². The average molecular weight is 374 g/mol. The first-order valence-corrected chi connectivity index (χ1v) is 9.46. The molecule has 0 saturated carbocycles. The van der Waals surface area contributed by atoms with Gasteiger partial charge in [-0.1, -0.05) is 30.3 Å². The summed E-state index contributed by atoms with van der Waals surface area (Å²) in [4.78, 5) is 31.0. The minimum absolute atomic E-state index is 0.0832. The Kier molecular flexibility index (Phi) is 5.19. The van der Waals surface area contributed by atoms with Crippen molar-refractivity contribution in [3.8, 4) is 5.69 Å². The third-order valence-corrected chi connectivity index (χ3v) is 4.95. The van der Waals surface area contributed by atoms with Gasteiger partial charge in [-0.25, -0.2) is 4.98 Å². The van der Waals surface area contributed by atoms with Crippen LogP contribution in [0.4, 0.5) is 0 Å². The number of rotatable bonds is 5. The number of benzene rings is 2. The third-order valence-electron chi connectivity index (χ3n) is 4.95. The molecule has 0 spiro atoms. The molecule has 2 heterocycles. The van der Waals surface area contributed by atoms with Gasteiger partial charge in [0.15, 0.2) is 0 Å². The highest BCUT2D eigenvalue weighted by molar-refractivity contribution is 5.94. The van der Waals surface area contributed by atoms with Gasteiger partial charge in [-0.05, 0) is 42.7 Å². The Hall–Kier alpha value is -3.41. The van der Waals surface area contributed by atoms with E-state index in [2.05, 4.69) is 10.3 Å². The molecule has 1 aromatic heterocycles. The molecule has 142 valence electrons. The lowest BCUT2D eigenvalue weighted by atomic mass is 10.1. The lowest BCUT2D eigenvalue weighted by Crippen LogP contribution is -2.27. The van der Waals surface area contributed by atoms with Crippen molar-refractivity contribution in [2.45, 2.75) is 19.4 Å². The first kappa shape index (κ1) is 18.0. The molecule has 0 bridgehead atoms. The van der Waals surface area contributed by atoms with Crippen LogP contribution >= 0.6 is 0 Å². The van der Waals surface area contributed by atoms with Crippen molar-refractivity contribution in [3.05, 3.63) is 83.9 Å². The fraction of sp³-hybridized carbons (Fsp3) is 0.227. The Morgan fingerprint density at radius 3 is 2.39 bits per heavy atom. The highest BCUT2D eigenvalue weighted by atomic mass is 16.2. The van der Waals surface area contributed by atoms with Crippen LogP contribution < -0.4 is 5.32 Å². The lowest BCUT2D eigenvalue weighted by molar-refractivity contribution is 0.0792. The van der Waals surface area contributed by atoms with E-state index in [9.17, 15) is 9.59 Å². The van der Waals surface area contributed by atoms with E-state index in [4.69, 9.17) is 0 Å². The SMILES string of the molecule is O=C(NCc1ccc(C(=O)N2CCCC2)cc1)c1cncn1-c1ccccc1. The predicted molar refractivity (Wildman–Crippen MR) is 106 cm³/mol. The zero-order valence-electron chi connectivity index (χ0n) is 15.5. The van der Waals surface area contributed by atoms with Crippen molar-refractivity contribution in [1.82, 2.24) is 19.8 Å². The van der Waals surface area contributed by atoms with E-state index in [1.165, 1.54) is 0 Å². The summed E-state index contributed by atoms with van der Waals surface area (Å²) >= 11 is 0. The third kappa shape index (κ3) is 3.81. The molecule has 4 rings (SSSR count). The Bertz CT molecular complexity index is 958. The number of amides is 2. The van der Waals surface area contributed by atoms with Gasteiger partial charge in [0.2, 0.25) is 0 Å². The summed E-state index contributed by atoms with van der Waals surface area (Å²) in [5.41, 5.74) is 3.00. The maximum atomic E-state index is 12.6. The van der Waals surface area contributed by atoms with Crippen LogP contribution in [0.3, 0.4) is 0 Å². The second kappa shape index (κ2) is 8.08. The number of likely N-dealkylation sites (tertiary alicyclic amines) is 1. The summed E-state index contributed by atoms with van der Waals surface area (Å²) in [7, 11) is 0. The molecule has 1 fully saturated rings. The lowest BCUT2D eigenvalue weighted by Gasteiger charge is -2.15. The number of nitrogens with zero attached hydrogens (tertiary/aromatic N) is 3. The average Bonchev–Trinajstić information content (AvgIpc) is 3.45. The highest BCUT2D eigenvalue weighted by Crippen LogP contribution is 2.14. The van der Waals surface area contributed by atoms with E-state index in [0.29, 0.717) is 17.8 Å². The van der Waals surface area contributed by atoms with Crippen molar-refractivity contribution in [2.75, 3.05) is 13.1 Å². The van der Waals surface area contributed by atoms with Crippen molar-refractivity contribution < 1.29 is 9.59 Å². The molecule has 0 atom stereocenters. The molecule has 1 aliphatic heterocycles. The Balaban J connectivity index is 1.39. The van der Waals surface area contributed by atoms with Gasteiger partial charge >= 0.3 is 0 Å². The number of aromatic nitrogens is 2. The first-order valence-electron chi connectivity index (χ1n) is 9.46. The second-order valence-corrected chi connectivity index (χ2v) is 6.86. The quantitative estimate of drug-likeness (QED) is 0.746. The topological polar surface area (TPSA) is 67.2 Å². The minimum Gasteiger partial charge on any atom is -0.347 e. The maximum Gasteiger partial charge on any atom is 0.270 e. The first-order chi connectivity index (χ1) is 13.7. The Labute approximate surface area is 163 Å². The van der Waals surface area contributed by atoms with Gasteiger partial charge in [-0.3, -0.25) is 14.2 Å². The fourth-order valence-electron chi connectivity index (χ4n) is 3.40. The van der Waals surface area contributed by atoms with Crippen LogP contribution in [-0.2, 0) is 6.54 Å². The summed E-state index contributed by atoms with van der Waals surface area (Å²) in [6.07, 6.45) is 5.34. The molecule has 2 amide bonds. The van der Waals surface area contributed by atoms with Gasteiger partial charge in [-0.15, -0.1) is 0 Å². The number of carbonyl (C=O) groups is 2. The van der Waals surface area contributed by atoms with Gasteiger partial charge in [0.1, 0.15) is 5.69 Å². The van der Waals surface area contributed by atoms with Crippen LogP contribution in [0.1, 0.15) is 39.3 Å². The number of para-hydroxylation sites is 1. The summed E-state index contributed by atoms with van der Waals surface area (Å²) < 4.78 is 1.76. The number of hydrogen-bond donors (Lipinski definition) is 1. The summed E-state index contributed by atoms with van der Waals surface area (Å²) in [5.74, 6) is -0.113. The monoisotopic (exact) mass is 374 g/mol. The molecular weight excluding hydrogens is 352 g/mol. The van der Waals surface area contributed by atoms with Crippen molar-refractivity contribution in [3.63, 3.8) is 0 Å². The summed E-state index contributed by atoms with van der Waals surface area (Å²) in [5, 5.41) is 2.92. The maximum absolute atomic E-state index is 12.6. The highest BCUT2D eigenvalue weighted by Gasteiger charge is 2.19. The van der Waals surface area contributed by atoms with Crippen LogP contribution in [0, 0.1) is 0 Å². The van der Waals surface area contributed by atoms with E-state index in [-0.39, 0.29) is 11.8 Å². The minimum atomic E-state index is -0.196. The van der Waals surface area contributed by atoms with Gasteiger partial charge in [-0.2, -0.15) is 0 Å². The normalized spacial score (nSPS) is 13.5. The fourth-order valence-corrected chi connectivity index (χ4v) is 3.40. The molecule has 3 aromatic rings. The molecule has 0 unspecified atom stereocenters. The second-order valence-electron chi connectivity index (χ2n) is 6.86. The smallest absolute Gasteiger partial charge is 0.270 e. The molecular formula is C22H22N4O2. The van der Waals surface area contributed by atoms with E-state index in [0.717, 1.165) is 37.2 Å². The van der Waals surface area contributed by atoms with Crippen LogP contribution in [0.25, 0.3) is 5.69 Å². The number of hydrogen-bond acceptors (Lipinski definition) is 3. The van der Waals surface area contributed by atoms with Crippen molar-refractivity contribution in [1.29, 1.82) is 0 Å². The van der Waals surface area contributed by atoms with Crippen LogP contribution in [0.15, 0.2) is 67.1 Å². The predicted octanol–water partition coefficient (Wildman–Crippen LogP) is 3.04. The molecule has 1 aliphatic rings. The van der Waals surface area contributed by atoms with Crippen LogP contribution in [0.2, 0.25) is 0 Å². The largest absolute Gasteiger partial charge is 0.347 e. The molecule has 1 N–H and O–H groups in total. The van der Waals surface area contributed by atoms with Crippen molar-refractivity contribution in [2.24, 2.45) is 0 Å². The van der Waals surface area contributed by atoms with Crippen LogP contribution in [0.5, 0.6) is 0 Å². The Morgan fingerprint density at radius 1 is 0.964 bits per heavy atom. The number of nitrogens with one attached hydrogen (secondary N) is 1. The molecule has 2 aromatic carbocycles. The van der Waals surface area contributed by atoms with Crippen LogP contribution in [-0.4, -0.2) is 39.4 Å². The van der Waals surface area contributed by atoms with Gasteiger partial charge < -0.3 is 10.2 Å². The molecule has 1 saturated heterocycles. The number of carbonyl (C=O) groups excluding carboxylic acids is 2. The zero-order valence-corrected chi connectivity index (χ0v) is 15.5. The molecule has 6 heteroatoms. The Morgan fingerprint density at radius 2 is 1.68 bits per heavy atom. The van der Waals surface area contributed by atoms with E-state index < -0.39 is 0 Å². The van der Waals surface area contributed by atoms with E-state index in [1.807, 2.05) is 59.5 Å². The van der Waals surface area contributed by atoms with Gasteiger partial charge in [0.05, 0.1) is 12.5 Å². The van der Waals surface area contributed by atoms with E-state index in [1.54, 1.807) is 17.1 Å². The standard InChI is InChI=1S/C22H22N4O2/c27-21(20-15-23-16-26(20)19-6-2-1-3-7-19)24-14-17-8-10-18(11-9-17)22(28)25-12-4-5-13-25/h1-3,6-11,15-16H,4-5,12-14H2,(H,24,27). The summed E-state index contributed by atoms with van der Waals surface area (Å²) in [6, 6.07) is 17.0. The number of imidazole rings is 1. The van der Waals surface area contributed by atoms with E-state index >= 15 is 0 Å². The molecule has 28 heavy (non-hydrogen) atoms. The summed E-state index contributed by atoms with van der Waals surface area (Å²) in [6.45, 7) is 2.06. The molecule has 0 aliphatic carbocycles. The molecule has 6 nitrogen and oxygen atoms in total. The zero-order chi connectivity index (χ0) is 19.3.